The van der Waals surface area contributed by atoms with Crippen molar-refractivity contribution in [3.8, 4) is 12.1 Å². The maximum atomic E-state index is 10.6. The van der Waals surface area contributed by atoms with E-state index in [1.54, 1.807) is 0 Å². The van der Waals surface area contributed by atoms with Crippen molar-refractivity contribution in [3.05, 3.63) is 66.4 Å². The van der Waals surface area contributed by atoms with E-state index in [1.165, 1.54) is 53.9 Å². The minimum atomic E-state index is -0.770. The number of nitriles is 1. The molecule has 1 aromatic heterocycles. The first-order valence-electron chi connectivity index (χ1n) is 16.3. The van der Waals surface area contributed by atoms with E-state index in [1.807, 2.05) is 4.90 Å². The summed E-state index contributed by atoms with van der Waals surface area (Å²) >= 11 is 0. The molecular weight excluding hydrogens is 550 g/mol. The van der Waals surface area contributed by atoms with Crippen LogP contribution in [0.25, 0.3) is 10.8 Å². The fourth-order valence-electron chi connectivity index (χ4n) is 7.36. The maximum Gasteiger partial charge on any atom is 0.318 e. The first-order chi connectivity index (χ1) is 21.6. The van der Waals surface area contributed by atoms with Gasteiger partial charge in [0.05, 0.1) is 24.7 Å². The molecule has 1 saturated carbocycles. The molecule has 0 bridgehead atoms. The largest absolute Gasteiger partial charge is 0.462 e. The van der Waals surface area contributed by atoms with Gasteiger partial charge in [-0.1, -0.05) is 43.0 Å². The van der Waals surface area contributed by atoms with Crippen LogP contribution in [-0.4, -0.2) is 89.1 Å². The van der Waals surface area contributed by atoms with Crippen LogP contribution in [0.15, 0.2) is 55.1 Å². The van der Waals surface area contributed by atoms with Crippen LogP contribution in [-0.2, 0) is 13.0 Å². The Morgan fingerprint density at radius 1 is 1.02 bits per heavy atom. The van der Waals surface area contributed by atoms with Crippen molar-refractivity contribution in [3.63, 3.8) is 0 Å². The van der Waals surface area contributed by atoms with Gasteiger partial charge in [-0.05, 0) is 62.1 Å². The molecule has 2 unspecified atom stereocenters. The second kappa shape index (κ2) is 12.7. The Balaban J connectivity index is 1.18. The van der Waals surface area contributed by atoms with E-state index in [-0.39, 0.29) is 6.04 Å². The molecule has 44 heavy (non-hydrogen) atoms. The molecular formula is C35H43N7O2. The number of aliphatic hydroxyl groups is 1. The van der Waals surface area contributed by atoms with Gasteiger partial charge in [0.1, 0.15) is 18.7 Å². The van der Waals surface area contributed by atoms with Crippen LogP contribution in [0.3, 0.4) is 0 Å². The normalized spacial score (nSPS) is 23.4. The number of piperazine rings is 1. The fourth-order valence-corrected chi connectivity index (χ4v) is 7.36. The third-order valence-corrected chi connectivity index (χ3v) is 9.93. The minimum Gasteiger partial charge on any atom is -0.462 e. The minimum absolute atomic E-state index is 0.123. The molecule has 2 aromatic carbocycles. The van der Waals surface area contributed by atoms with Crippen molar-refractivity contribution < 1.29 is 9.84 Å². The lowest BCUT2D eigenvalue weighted by Gasteiger charge is -2.43. The number of anilines is 2. The first-order valence-corrected chi connectivity index (χ1v) is 16.3. The number of aromatic nitrogens is 2. The third-order valence-electron chi connectivity index (χ3n) is 9.93. The maximum absolute atomic E-state index is 10.6. The molecule has 4 aliphatic rings. The van der Waals surface area contributed by atoms with Crippen LogP contribution in [0, 0.1) is 17.2 Å². The Morgan fingerprint density at radius 3 is 2.73 bits per heavy atom. The molecule has 3 fully saturated rings. The first kappa shape index (κ1) is 29.0. The van der Waals surface area contributed by atoms with E-state index in [0.29, 0.717) is 51.3 Å². The highest BCUT2D eigenvalue weighted by atomic mass is 16.5. The number of nitrogens with zero attached hydrogens (tertiary/aromatic N) is 7. The highest BCUT2D eigenvalue weighted by Crippen LogP contribution is 2.36. The van der Waals surface area contributed by atoms with Crippen molar-refractivity contribution in [2.24, 2.45) is 5.92 Å². The standard InChI is InChI=1S/C35H43N7O2/c1-2-33(43)42-20-19-41(22-27(42)14-16-36)34-30-15-18-40(32-11-5-8-26-7-3-4-10-29(26)32)23-31(30)37-35(38-34)44-24-28-9-6-17-39(28)21-25-12-13-25/h2-5,7-8,10-11,25,27-28,33,43H,1,6,9,12-15,17-24H2/t27?,28-,33?/m0/s1. The van der Waals surface area contributed by atoms with Crippen molar-refractivity contribution >= 4 is 22.3 Å². The van der Waals surface area contributed by atoms with Gasteiger partial charge in [-0.15, -0.1) is 0 Å². The molecule has 1 aliphatic carbocycles. The second-order valence-electron chi connectivity index (χ2n) is 12.8. The number of hydrogen-bond acceptors (Lipinski definition) is 9. The molecule has 0 amide bonds. The Morgan fingerprint density at radius 2 is 1.89 bits per heavy atom. The van der Waals surface area contributed by atoms with Gasteiger partial charge in [0.15, 0.2) is 0 Å². The van der Waals surface area contributed by atoms with Gasteiger partial charge in [-0.3, -0.25) is 9.80 Å². The Hall–Kier alpha value is -3.71. The molecule has 2 saturated heterocycles. The van der Waals surface area contributed by atoms with Crippen LogP contribution >= 0.6 is 0 Å². The molecule has 9 nitrogen and oxygen atoms in total. The summed E-state index contributed by atoms with van der Waals surface area (Å²) in [6.45, 7) is 10.2. The van der Waals surface area contributed by atoms with Gasteiger partial charge in [0.2, 0.25) is 0 Å². The monoisotopic (exact) mass is 593 g/mol. The van der Waals surface area contributed by atoms with Gasteiger partial charge in [-0.25, -0.2) is 0 Å². The van der Waals surface area contributed by atoms with Gasteiger partial charge < -0.3 is 19.6 Å². The molecule has 7 rings (SSSR count). The lowest BCUT2D eigenvalue weighted by atomic mass is 10.0. The second-order valence-corrected chi connectivity index (χ2v) is 12.8. The van der Waals surface area contributed by atoms with Crippen molar-refractivity contribution in [1.82, 2.24) is 19.8 Å². The van der Waals surface area contributed by atoms with Crippen LogP contribution in [0.1, 0.15) is 43.4 Å². The van der Waals surface area contributed by atoms with Crippen molar-refractivity contribution in [2.75, 3.05) is 55.7 Å². The van der Waals surface area contributed by atoms with Gasteiger partial charge in [0.25, 0.3) is 0 Å². The summed E-state index contributed by atoms with van der Waals surface area (Å²) < 4.78 is 6.46. The van der Waals surface area contributed by atoms with Crippen LogP contribution in [0.4, 0.5) is 11.5 Å². The summed E-state index contributed by atoms with van der Waals surface area (Å²) in [4.78, 5) is 19.4. The van der Waals surface area contributed by atoms with E-state index in [0.717, 1.165) is 43.4 Å². The topological polar surface area (TPSA) is 92.0 Å². The SMILES string of the molecule is C=CC(O)N1CCN(c2nc(OC[C@@H]3CCCN3CC3CC3)nc3c2CCN(c2cccc4ccccc24)C3)CC1CC#N. The zero-order valence-electron chi connectivity index (χ0n) is 25.5. The average Bonchev–Trinajstić information content (AvgIpc) is 3.78. The molecule has 3 aromatic rings. The number of aliphatic hydroxyl groups excluding tert-OH is 1. The van der Waals surface area contributed by atoms with E-state index in [2.05, 4.69) is 69.8 Å². The Bertz CT molecular complexity index is 1530. The summed E-state index contributed by atoms with van der Waals surface area (Å²) in [7, 11) is 0. The summed E-state index contributed by atoms with van der Waals surface area (Å²) in [5.74, 6) is 1.78. The number of fused-ring (bicyclic) bond motifs is 2. The Kier molecular flexibility index (Phi) is 8.39. The fraction of sp³-hybridized carbons (Fsp3) is 0.514. The number of rotatable bonds is 10. The van der Waals surface area contributed by atoms with Gasteiger partial charge in [0, 0.05) is 61.4 Å². The third kappa shape index (κ3) is 5.99. The molecule has 230 valence electrons. The predicted octanol–water partition coefficient (Wildman–Crippen LogP) is 4.35. The zero-order chi connectivity index (χ0) is 30.0. The van der Waals surface area contributed by atoms with E-state index in [4.69, 9.17) is 14.7 Å². The van der Waals surface area contributed by atoms with Crippen LogP contribution in [0.2, 0.25) is 0 Å². The number of likely N-dealkylation sites (tertiary alicyclic amines) is 1. The molecule has 3 atom stereocenters. The molecule has 0 spiro atoms. The number of ether oxygens (including phenoxy) is 1. The highest BCUT2D eigenvalue weighted by Gasteiger charge is 2.35. The molecule has 3 aliphatic heterocycles. The van der Waals surface area contributed by atoms with Crippen molar-refractivity contribution in [1.29, 1.82) is 5.26 Å². The van der Waals surface area contributed by atoms with Crippen LogP contribution < -0.4 is 14.5 Å². The predicted molar refractivity (Wildman–Crippen MR) is 173 cm³/mol. The number of hydrogen-bond donors (Lipinski definition) is 1. The van der Waals surface area contributed by atoms with E-state index >= 15 is 0 Å². The molecule has 0 radical (unpaired) electrons. The summed E-state index contributed by atoms with van der Waals surface area (Å²) in [6.07, 6.45) is 7.01. The lowest BCUT2D eigenvalue weighted by molar-refractivity contribution is 0.00430. The van der Waals surface area contributed by atoms with Crippen molar-refractivity contribution in [2.45, 2.75) is 63.4 Å². The quantitative estimate of drug-likeness (QED) is 0.345. The summed E-state index contributed by atoms with van der Waals surface area (Å²) in [5.41, 5.74) is 3.40. The van der Waals surface area contributed by atoms with Crippen LogP contribution in [0.5, 0.6) is 6.01 Å². The smallest absolute Gasteiger partial charge is 0.318 e. The zero-order valence-corrected chi connectivity index (χ0v) is 25.5. The molecule has 4 heterocycles. The Labute approximate surface area is 260 Å². The molecule has 1 N–H and O–H groups in total. The lowest BCUT2D eigenvalue weighted by Crippen LogP contribution is -2.56. The highest BCUT2D eigenvalue weighted by molar-refractivity contribution is 5.94. The van der Waals surface area contributed by atoms with Gasteiger partial charge in [-0.2, -0.15) is 15.2 Å². The average molecular weight is 594 g/mol. The summed E-state index contributed by atoms with van der Waals surface area (Å²) in [6, 6.07) is 18.1. The van der Waals surface area contributed by atoms with Gasteiger partial charge >= 0.3 is 6.01 Å². The summed E-state index contributed by atoms with van der Waals surface area (Å²) in [5, 5.41) is 22.6. The molecule has 9 heteroatoms. The number of benzene rings is 2. The van der Waals surface area contributed by atoms with E-state index < -0.39 is 6.23 Å². The van der Waals surface area contributed by atoms with E-state index in [9.17, 15) is 10.4 Å².